The molecule has 0 atom stereocenters. The summed E-state index contributed by atoms with van der Waals surface area (Å²) < 4.78 is 11.4. The van der Waals surface area contributed by atoms with Gasteiger partial charge >= 0.3 is 0 Å². The first-order valence-corrected chi connectivity index (χ1v) is 12.3. The van der Waals surface area contributed by atoms with Crippen molar-refractivity contribution in [2.75, 3.05) is 19.5 Å². The first-order chi connectivity index (χ1) is 16.0. The highest BCUT2D eigenvalue weighted by Gasteiger charge is 2.35. The van der Waals surface area contributed by atoms with Crippen molar-refractivity contribution in [3.05, 3.63) is 59.2 Å². The second-order valence-electron chi connectivity index (χ2n) is 7.29. The number of benzene rings is 2. The number of ether oxygens (including phenoxy) is 2. The van der Waals surface area contributed by atoms with Gasteiger partial charge in [-0.25, -0.2) is 0 Å². The lowest BCUT2D eigenvalue weighted by Gasteiger charge is -2.20. The van der Waals surface area contributed by atoms with E-state index in [1.807, 2.05) is 19.1 Å². The second-order valence-corrected chi connectivity index (χ2v) is 9.50. The average molecular weight is 481 g/mol. The fourth-order valence-corrected chi connectivity index (χ4v) is 4.74. The summed E-state index contributed by atoms with van der Waals surface area (Å²) in [6.45, 7) is 4.58. The van der Waals surface area contributed by atoms with E-state index in [0.717, 1.165) is 17.2 Å². The summed E-state index contributed by atoms with van der Waals surface area (Å²) in [5.74, 6) is 1.57. The summed E-state index contributed by atoms with van der Waals surface area (Å²) in [6.07, 6.45) is 2.36. The van der Waals surface area contributed by atoms with Gasteiger partial charge < -0.3 is 9.47 Å². The number of aryl methyl sites for hydroxylation is 1. The Morgan fingerprint density at radius 2 is 1.97 bits per heavy atom. The Morgan fingerprint density at radius 3 is 2.70 bits per heavy atom. The predicted octanol–water partition coefficient (Wildman–Crippen LogP) is 5.20. The minimum Gasteiger partial charge on any atom is -0.493 e. The second kappa shape index (κ2) is 10.3. The van der Waals surface area contributed by atoms with Crippen LogP contribution in [0.3, 0.4) is 0 Å². The van der Waals surface area contributed by atoms with E-state index in [4.69, 9.17) is 14.9 Å². The summed E-state index contributed by atoms with van der Waals surface area (Å²) in [5, 5.41) is 15.5. The minimum absolute atomic E-state index is 0.0216. The Morgan fingerprint density at radius 1 is 1.18 bits per heavy atom. The van der Waals surface area contributed by atoms with Gasteiger partial charge in [0.2, 0.25) is 5.17 Å². The molecule has 0 bridgehead atoms. The van der Waals surface area contributed by atoms with Gasteiger partial charge in [0.05, 0.1) is 19.3 Å². The standard InChI is InChI=1S/C24H24N4O3S2/c1-4-21-27-28-22(25)18(23(29)26-24(28)33-21)13-16-7-10-19(20(14-16)30-3)31-11-12-32-17-8-5-15(2)6-9-17/h5-10,13-14,25H,4,11-12H2,1-3H3/b18-13-,25-22?. The van der Waals surface area contributed by atoms with Crippen LogP contribution in [-0.2, 0) is 4.79 Å². The van der Waals surface area contributed by atoms with Crippen LogP contribution in [0.5, 0.6) is 11.5 Å². The molecule has 0 fully saturated rings. The molecule has 33 heavy (non-hydrogen) atoms. The minimum atomic E-state index is -0.446. The molecule has 0 unspecified atom stereocenters. The highest BCUT2D eigenvalue weighted by atomic mass is 32.2. The van der Waals surface area contributed by atoms with Crippen LogP contribution in [0.15, 0.2) is 63.0 Å². The van der Waals surface area contributed by atoms with Crippen LogP contribution in [-0.4, -0.2) is 46.4 Å². The number of carbonyl (C=O) groups excluding carboxylic acids is 1. The van der Waals surface area contributed by atoms with Crippen molar-refractivity contribution < 1.29 is 14.3 Å². The fraction of sp³-hybridized carbons (Fsp3) is 0.250. The van der Waals surface area contributed by atoms with Crippen molar-refractivity contribution in [2.24, 2.45) is 10.1 Å². The number of hydrazone groups is 1. The normalized spacial score (nSPS) is 16.6. The lowest BCUT2D eigenvalue weighted by molar-refractivity contribution is -0.114. The maximum atomic E-state index is 12.5. The number of methoxy groups -OCH3 is 1. The number of hydrogen-bond donors (Lipinski definition) is 1. The third-order valence-corrected chi connectivity index (χ3v) is 6.96. The average Bonchev–Trinajstić information content (AvgIpc) is 3.24. The molecular formula is C24H24N4O3S2. The van der Waals surface area contributed by atoms with Gasteiger partial charge in [-0.05, 0) is 61.0 Å². The van der Waals surface area contributed by atoms with E-state index < -0.39 is 5.91 Å². The lowest BCUT2D eigenvalue weighted by Crippen LogP contribution is -2.35. The molecular weight excluding hydrogens is 456 g/mol. The van der Waals surface area contributed by atoms with Gasteiger partial charge in [-0.2, -0.15) is 15.1 Å². The topological polar surface area (TPSA) is 87.3 Å². The summed E-state index contributed by atoms with van der Waals surface area (Å²) in [6, 6.07) is 13.8. The first kappa shape index (κ1) is 23.1. The molecule has 2 aromatic rings. The molecule has 1 N–H and O–H groups in total. The molecule has 0 saturated carbocycles. The molecule has 9 heteroatoms. The number of carbonyl (C=O) groups is 1. The SMILES string of the molecule is CCC1=NN2C(=N)/C(=C/c3ccc(OCCSc4ccc(C)cc4)c(OC)c3)C(=O)N=C2S1. The molecule has 2 aliphatic rings. The zero-order chi connectivity index (χ0) is 23.4. The highest BCUT2D eigenvalue weighted by molar-refractivity contribution is 8.26. The number of hydrogen-bond acceptors (Lipinski definition) is 7. The Hall–Kier alpha value is -3.04. The molecule has 0 radical (unpaired) electrons. The molecule has 170 valence electrons. The predicted molar refractivity (Wildman–Crippen MR) is 136 cm³/mol. The molecule has 0 spiro atoms. The van der Waals surface area contributed by atoms with E-state index in [1.165, 1.54) is 27.2 Å². The number of fused-ring (bicyclic) bond motifs is 1. The molecule has 0 aliphatic carbocycles. The largest absolute Gasteiger partial charge is 0.493 e. The van der Waals surface area contributed by atoms with Crippen LogP contribution in [0, 0.1) is 12.3 Å². The third-order valence-electron chi connectivity index (χ3n) is 4.93. The van der Waals surface area contributed by atoms with Gasteiger partial charge in [-0.15, -0.1) is 11.8 Å². The van der Waals surface area contributed by atoms with Gasteiger partial charge in [0.25, 0.3) is 5.91 Å². The van der Waals surface area contributed by atoms with Gasteiger partial charge in [-0.3, -0.25) is 10.2 Å². The van der Waals surface area contributed by atoms with Crippen molar-refractivity contribution in [2.45, 2.75) is 25.2 Å². The Labute approximate surface area is 201 Å². The fourth-order valence-electron chi connectivity index (χ4n) is 3.18. The summed E-state index contributed by atoms with van der Waals surface area (Å²) >= 11 is 3.06. The van der Waals surface area contributed by atoms with E-state index in [2.05, 4.69) is 41.3 Å². The van der Waals surface area contributed by atoms with Crippen LogP contribution >= 0.6 is 23.5 Å². The van der Waals surface area contributed by atoms with E-state index in [0.29, 0.717) is 28.8 Å². The van der Waals surface area contributed by atoms with Crippen LogP contribution in [0.25, 0.3) is 6.08 Å². The zero-order valence-electron chi connectivity index (χ0n) is 18.6. The Balaban J connectivity index is 1.43. The van der Waals surface area contributed by atoms with E-state index >= 15 is 0 Å². The maximum Gasteiger partial charge on any atom is 0.283 e. The van der Waals surface area contributed by atoms with Gasteiger partial charge in [0.15, 0.2) is 17.3 Å². The molecule has 0 saturated heterocycles. The number of aliphatic imine (C=N–C) groups is 1. The lowest BCUT2D eigenvalue weighted by atomic mass is 10.1. The van der Waals surface area contributed by atoms with Crippen LogP contribution < -0.4 is 9.47 Å². The van der Waals surface area contributed by atoms with E-state index in [1.54, 1.807) is 31.0 Å². The van der Waals surface area contributed by atoms with E-state index in [-0.39, 0.29) is 11.4 Å². The Bertz CT molecular complexity index is 1170. The molecule has 0 aromatic heterocycles. The molecule has 7 nitrogen and oxygen atoms in total. The number of amides is 1. The van der Waals surface area contributed by atoms with Gasteiger partial charge in [-0.1, -0.05) is 30.7 Å². The molecule has 4 rings (SSSR count). The molecule has 2 aliphatic heterocycles. The van der Waals surface area contributed by atoms with Gasteiger partial charge in [0.1, 0.15) is 5.04 Å². The van der Waals surface area contributed by atoms with E-state index in [9.17, 15) is 4.79 Å². The molecule has 2 heterocycles. The summed E-state index contributed by atoms with van der Waals surface area (Å²) in [5.41, 5.74) is 2.14. The summed E-state index contributed by atoms with van der Waals surface area (Å²) in [7, 11) is 1.58. The number of amidine groups is 2. The van der Waals surface area contributed by atoms with Crippen LogP contribution in [0.1, 0.15) is 24.5 Å². The number of nitrogens with zero attached hydrogens (tertiary/aromatic N) is 3. The van der Waals surface area contributed by atoms with Crippen molar-refractivity contribution in [3.63, 3.8) is 0 Å². The molecule has 1 amide bonds. The number of nitrogens with one attached hydrogen (secondary N) is 1. The maximum absolute atomic E-state index is 12.5. The molecule has 2 aromatic carbocycles. The van der Waals surface area contributed by atoms with Crippen molar-refractivity contribution in [1.82, 2.24) is 5.01 Å². The Kier molecular flexibility index (Phi) is 7.20. The van der Waals surface area contributed by atoms with Gasteiger partial charge in [0, 0.05) is 10.6 Å². The van der Waals surface area contributed by atoms with Crippen molar-refractivity contribution >= 4 is 51.6 Å². The highest BCUT2D eigenvalue weighted by Crippen LogP contribution is 2.32. The smallest absolute Gasteiger partial charge is 0.283 e. The van der Waals surface area contributed by atoms with Crippen molar-refractivity contribution in [1.29, 1.82) is 5.41 Å². The summed E-state index contributed by atoms with van der Waals surface area (Å²) in [4.78, 5) is 17.8. The van der Waals surface area contributed by atoms with Crippen LogP contribution in [0.2, 0.25) is 0 Å². The monoisotopic (exact) mass is 480 g/mol. The number of thioether (sulfide) groups is 2. The third kappa shape index (κ3) is 5.31. The van der Waals surface area contributed by atoms with Crippen molar-refractivity contribution in [3.8, 4) is 11.5 Å². The number of rotatable bonds is 8. The first-order valence-electron chi connectivity index (χ1n) is 10.5. The van der Waals surface area contributed by atoms with Crippen LogP contribution in [0.4, 0.5) is 0 Å². The zero-order valence-corrected chi connectivity index (χ0v) is 20.3. The quantitative estimate of drug-likeness (QED) is 0.317.